The Bertz CT molecular complexity index is 348. The summed E-state index contributed by atoms with van der Waals surface area (Å²) in [4.78, 5) is 1.92. The second-order valence-electron chi connectivity index (χ2n) is 5.08. The van der Waals surface area contributed by atoms with Crippen LogP contribution in [0.1, 0.15) is 20.8 Å². The van der Waals surface area contributed by atoms with Gasteiger partial charge >= 0.3 is 0 Å². The highest BCUT2D eigenvalue weighted by atomic mass is 19.1. The maximum atomic E-state index is 13.5. The van der Waals surface area contributed by atoms with Crippen molar-refractivity contribution in [3.05, 3.63) is 30.1 Å². The Labute approximate surface area is 97.3 Å². The summed E-state index contributed by atoms with van der Waals surface area (Å²) in [5.74, 6) is -0.189. The third-order valence-corrected chi connectivity index (χ3v) is 3.14. The Kier molecular flexibility index (Phi) is 3.92. The molecule has 1 unspecified atom stereocenters. The van der Waals surface area contributed by atoms with Crippen LogP contribution in [0.25, 0.3) is 0 Å². The largest absolute Gasteiger partial charge is 0.372 e. The van der Waals surface area contributed by atoms with Crippen molar-refractivity contribution in [2.45, 2.75) is 26.8 Å². The summed E-state index contributed by atoms with van der Waals surface area (Å²) in [7, 11) is 1.89. The first-order chi connectivity index (χ1) is 7.34. The molecule has 0 aliphatic rings. The highest BCUT2D eigenvalue weighted by Gasteiger charge is 2.25. The maximum Gasteiger partial charge on any atom is 0.146 e. The fourth-order valence-corrected chi connectivity index (χ4v) is 1.60. The zero-order valence-electron chi connectivity index (χ0n) is 10.5. The minimum Gasteiger partial charge on any atom is -0.372 e. The lowest BCUT2D eigenvalue weighted by atomic mass is 9.85. The second kappa shape index (κ2) is 4.83. The number of anilines is 1. The molecule has 2 N–H and O–H groups in total. The molecule has 0 heterocycles. The molecule has 2 nitrogen and oxygen atoms in total. The zero-order valence-corrected chi connectivity index (χ0v) is 10.5. The van der Waals surface area contributed by atoms with Gasteiger partial charge in [0.05, 0.1) is 5.69 Å². The molecule has 0 saturated heterocycles. The maximum absolute atomic E-state index is 13.5. The van der Waals surface area contributed by atoms with Gasteiger partial charge in [-0.25, -0.2) is 4.39 Å². The van der Waals surface area contributed by atoms with Crippen molar-refractivity contribution >= 4 is 5.69 Å². The van der Waals surface area contributed by atoms with E-state index in [1.807, 2.05) is 24.9 Å². The molecular formula is C13H21FN2. The minimum atomic E-state index is -0.189. The molecule has 0 bridgehead atoms. The molecule has 0 amide bonds. The van der Waals surface area contributed by atoms with Crippen molar-refractivity contribution in [3.63, 3.8) is 0 Å². The second-order valence-corrected chi connectivity index (χ2v) is 5.08. The highest BCUT2D eigenvalue weighted by Crippen LogP contribution is 2.24. The Morgan fingerprint density at radius 3 is 2.44 bits per heavy atom. The molecule has 0 radical (unpaired) electrons. The van der Waals surface area contributed by atoms with Gasteiger partial charge in [-0.2, -0.15) is 0 Å². The number of hydrogen-bond acceptors (Lipinski definition) is 2. The van der Waals surface area contributed by atoms with E-state index in [-0.39, 0.29) is 17.3 Å². The molecule has 0 fully saturated rings. The van der Waals surface area contributed by atoms with Gasteiger partial charge in [-0.15, -0.1) is 0 Å². The molecule has 90 valence electrons. The molecule has 0 aromatic heterocycles. The van der Waals surface area contributed by atoms with E-state index in [9.17, 15) is 4.39 Å². The van der Waals surface area contributed by atoms with Crippen LogP contribution >= 0.6 is 0 Å². The van der Waals surface area contributed by atoms with Gasteiger partial charge in [-0.05, 0) is 24.5 Å². The van der Waals surface area contributed by atoms with Crippen molar-refractivity contribution < 1.29 is 4.39 Å². The molecule has 0 aliphatic carbocycles. The van der Waals surface area contributed by atoms with E-state index >= 15 is 0 Å². The van der Waals surface area contributed by atoms with E-state index in [2.05, 4.69) is 13.8 Å². The summed E-state index contributed by atoms with van der Waals surface area (Å²) in [6.07, 6.45) is 0. The number of nitrogens with zero attached hydrogens (tertiary/aromatic N) is 1. The third-order valence-electron chi connectivity index (χ3n) is 3.14. The van der Waals surface area contributed by atoms with Crippen LogP contribution in [0.2, 0.25) is 0 Å². The van der Waals surface area contributed by atoms with E-state index in [0.717, 1.165) is 6.54 Å². The first-order valence-corrected chi connectivity index (χ1v) is 5.56. The Morgan fingerprint density at radius 1 is 1.38 bits per heavy atom. The van der Waals surface area contributed by atoms with E-state index < -0.39 is 0 Å². The van der Waals surface area contributed by atoms with Crippen LogP contribution in [-0.2, 0) is 0 Å². The Balaban J connectivity index is 2.81. The summed E-state index contributed by atoms with van der Waals surface area (Å²) in [5.41, 5.74) is 6.49. The molecule has 1 aromatic rings. The van der Waals surface area contributed by atoms with E-state index in [1.54, 1.807) is 12.1 Å². The van der Waals surface area contributed by atoms with E-state index in [1.165, 1.54) is 6.07 Å². The lowest BCUT2D eigenvalue weighted by Crippen LogP contribution is -2.43. The van der Waals surface area contributed by atoms with Gasteiger partial charge in [-0.1, -0.05) is 26.0 Å². The lowest BCUT2D eigenvalue weighted by Gasteiger charge is -2.34. The summed E-state index contributed by atoms with van der Waals surface area (Å²) in [6.45, 7) is 6.89. The van der Waals surface area contributed by atoms with Crippen molar-refractivity contribution in [3.8, 4) is 0 Å². The summed E-state index contributed by atoms with van der Waals surface area (Å²) in [5, 5.41) is 0. The van der Waals surface area contributed by atoms with Crippen LogP contribution in [0.3, 0.4) is 0 Å². The zero-order chi connectivity index (χ0) is 12.3. The minimum absolute atomic E-state index is 0.0446. The van der Waals surface area contributed by atoms with Crippen LogP contribution in [-0.4, -0.2) is 19.6 Å². The van der Waals surface area contributed by atoms with Crippen LogP contribution < -0.4 is 10.6 Å². The van der Waals surface area contributed by atoms with Gasteiger partial charge in [0.2, 0.25) is 0 Å². The first-order valence-electron chi connectivity index (χ1n) is 5.56. The van der Waals surface area contributed by atoms with E-state index in [4.69, 9.17) is 5.73 Å². The van der Waals surface area contributed by atoms with Crippen molar-refractivity contribution in [2.24, 2.45) is 11.1 Å². The van der Waals surface area contributed by atoms with Gasteiger partial charge in [0.15, 0.2) is 0 Å². The van der Waals surface area contributed by atoms with Gasteiger partial charge in [-0.3, -0.25) is 0 Å². The van der Waals surface area contributed by atoms with Gasteiger partial charge < -0.3 is 10.6 Å². The third kappa shape index (κ3) is 2.95. The van der Waals surface area contributed by atoms with E-state index in [0.29, 0.717) is 5.69 Å². The topological polar surface area (TPSA) is 29.3 Å². The van der Waals surface area contributed by atoms with Crippen molar-refractivity contribution in [2.75, 3.05) is 18.5 Å². The average Bonchev–Trinajstić information content (AvgIpc) is 2.17. The lowest BCUT2D eigenvalue weighted by molar-refractivity contribution is 0.307. The molecule has 16 heavy (non-hydrogen) atoms. The highest BCUT2D eigenvalue weighted by molar-refractivity contribution is 5.46. The molecular weight excluding hydrogens is 203 g/mol. The first kappa shape index (κ1) is 13.0. The quantitative estimate of drug-likeness (QED) is 0.852. The van der Waals surface area contributed by atoms with Crippen molar-refractivity contribution in [1.29, 1.82) is 0 Å². The van der Waals surface area contributed by atoms with Crippen molar-refractivity contribution in [1.82, 2.24) is 0 Å². The average molecular weight is 224 g/mol. The standard InChI is InChI=1S/C13H21FN2/c1-10(15)13(2,3)9-16(4)12-8-6-5-7-11(12)14/h5-8,10H,9,15H2,1-4H3. The molecule has 3 heteroatoms. The fraction of sp³-hybridized carbons (Fsp3) is 0.538. The molecule has 1 atom stereocenters. The van der Waals surface area contributed by atoms with Crippen LogP contribution in [0.4, 0.5) is 10.1 Å². The number of hydrogen-bond donors (Lipinski definition) is 1. The molecule has 0 aliphatic heterocycles. The summed E-state index contributed by atoms with van der Waals surface area (Å²) < 4.78 is 13.5. The normalized spacial score (nSPS) is 13.6. The number of para-hydroxylation sites is 1. The fourth-order valence-electron chi connectivity index (χ4n) is 1.60. The molecule has 0 saturated carbocycles. The van der Waals surface area contributed by atoms with Crippen LogP contribution in [0, 0.1) is 11.2 Å². The van der Waals surface area contributed by atoms with Crippen LogP contribution in [0.5, 0.6) is 0 Å². The number of rotatable bonds is 4. The SMILES string of the molecule is CC(N)C(C)(C)CN(C)c1ccccc1F. The number of nitrogens with two attached hydrogens (primary N) is 1. The molecule has 1 aromatic carbocycles. The smallest absolute Gasteiger partial charge is 0.146 e. The molecule has 0 spiro atoms. The Morgan fingerprint density at radius 2 is 1.94 bits per heavy atom. The Hall–Kier alpha value is -1.09. The number of halogens is 1. The predicted octanol–water partition coefficient (Wildman–Crippen LogP) is 2.64. The van der Waals surface area contributed by atoms with Gasteiger partial charge in [0, 0.05) is 19.6 Å². The summed E-state index contributed by atoms with van der Waals surface area (Å²) >= 11 is 0. The van der Waals surface area contributed by atoms with Gasteiger partial charge in [0.25, 0.3) is 0 Å². The van der Waals surface area contributed by atoms with Crippen LogP contribution in [0.15, 0.2) is 24.3 Å². The number of benzene rings is 1. The summed E-state index contributed by atoms with van der Waals surface area (Å²) in [6, 6.07) is 6.87. The molecule has 1 rings (SSSR count). The monoisotopic (exact) mass is 224 g/mol. The predicted molar refractivity (Wildman–Crippen MR) is 67.1 cm³/mol. The van der Waals surface area contributed by atoms with Gasteiger partial charge in [0.1, 0.15) is 5.82 Å².